The first-order valence-corrected chi connectivity index (χ1v) is 9.60. The fourth-order valence-electron chi connectivity index (χ4n) is 3.18. The summed E-state index contributed by atoms with van der Waals surface area (Å²) in [5.41, 5.74) is 0. The van der Waals surface area contributed by atoms with Gasteiger partial charge in [0.25, 0.3) is 0 Å². The summed E-state index contributed by atoms with van der Waals surface area (Å²) in [4.78, 5) is 2.01. The van der Waals surface area contributed by atoms with E-state index in [1.54, 1.807) is 6.07 Å². The first-order valence-electron chi connectivity index (χ1n) is 8.16. The average Bonchev–Trinajstić information content (AvgIpc) is 2.56. The van der Waals surface area contributed by atoms with E-state index in [9.17, 15) is 12.8 Å². The fraction of sp³-hybridized carbons (Fsp3) is 0.625. The first-order chi connectivity index (χ1) is 11.1. The highest BCUT2D eigenvalue weighted by Crippen LogP contribution is 2.21. The summed E-state index contributed by atoms with van der Waals surface area (Å²) in [6.07, 6.45) is 3.67. The van der Waals surface area contributed by atoms with Crippen molar-refractivity contribution in [3.63, 3.8) is 0 Å². The number of rotatable bonds is 4. The highest BCUT2D eigenvalue weighted by Gasteiger charge is 2.31. The highest BCUT2D eigenvalue weighted by molar-refractivity contribution is 7.89. The predicted octanol–water partition coefficient (Wildman–Crippen LogP) is 1.70. The van der Waals surface area contributed by atoms with Crippen molar-refractivity contribution in [2.75, 3.05) is 39.3 Å². The second-order valence-electron chi connectivity index (χ2n) is 6.12. The Morgan fingerprint density at radius 3 is 2.52 bits per heavy atom. The van der Waals surface area contributed by atoms with Crippen molar-refractivity contribution in [2.45, 2.75) is 30.3 Å². The molecule has 2 aliphatic rings. The van der Waals surface area contributed by atoms with E-state index in [1.807, 2.05) is 0 Å². The minimum absolute atomic E-state index is 0.232. The smallest absolute Gasteiger partial charge is 0.246 e. The van der Waals surface area contributed by atoms with E-state index in [0.717, 1.165) is 26.0 Å². The van der Waals surface area contributed by atoms with Gasteiger partial charge in [-0.1, -0.05) is 12.1 Å². The maximum Gasteiger partial charge on any atom is 0.246 e. The van der Waals surface area contributed by atoms with Gasteiger partial charge in [0.15, 0.2) is 0 Å². The van der Waals surface area contributed by atoms with E-state index in [2.05, 4.69) is 4.90 Å². The van der Waals surface area contributed by atoms with Gasteiger partial charge < -0.3 is 4.74 Å². The van der Waals surface area contributed by atoms with Gasteiger partial charge in [-0.25, -0.2) is 12.8 Å². The lowest BCUT2D eigenvalue weighted by atomic mass is 10.1. The van der Waals surface area contributed by atoms with E-state index in [1.165, 1.54) is 28.9 Å². The van der Waals surface area contributed by atoms with Crippen molar-refractivity contribution < 1.29 is 17.5 Å². The molecule has 5 nitrogen and oxygen atoms in total. The zero-order valence-electron chi connectivity index (χ0n) is 13.2. The zero-order valence-corrected chi connectivity index (χ0v) is 14.0. The van der Waals surface area contributed by atoms with Gasteiger partial charge in [-0.05, 0) is 31.4 Å². The first kappa shape index (κ1) is 16.8. The molecule has 0 bridgehead atoms. The van der Waals surface area contributed by atoms with Crippen molar-refractivity contribution in [3.8, 4) is 0 Å². The van der Waals surface area contributed by atoms with Crippen LogP contribution in [-0.4, -0.2) is 63.1 Å². The maximum atomic E-state index is 13.8. The van der Waals surface area contributed by atoms with Crippen LogP contribution in [0.3, 0.4) is 0 Å². The van der Waals surface area contributed by atoms with Gasteiger partial charge in [-0.2, -0.15) is 4.31 Å². The second kappa shape index (κ2) is 7.25. The minimum atomic E-state index is -3.75. The number of hydrogen-bond acceptors (Lipinski definition) is 4. The molecule has 2 saturated heterocycles. The van der Waals surface area contributed by atoms with E-state index >= 15 is 0 Å². The molecule has 2 heterocycles. The summed E-state index contributed by atoms with van der Waals surface area (Å²) < 4.78 is 46.0. The number of nitrogens with zero attached hydrogens (tertiary/aromatic N) is 2. The zero-order chi connectivity index (χ0) is 16.3. The van der Waals surface area contributed by atoms with E-state index in [-0.39, 0.29) is 11.0 Å². The third kappa shape index (κ3) is 3.91. The second-order valence-corrected chi connectivity index (χ2v) is 8.03. The lowest BCUT2D eigenvalue weighted by Gasteiger charge is -2.36. The van der Waals surface area contributed by atoms with Gasteiger partial charge in [0.1, 0.15) is 10.7 Å². The largest absolute Gasteiger partial charge is 0.377 e. The molecule has 0 saturated carbocycles. The number of sulfonamides is 1. The molecule has 0 N–H and O–H groups in total. The van der Waals surface area contributed by atoms with Crippen molar-refractivity contribution >= 4 is 10.0 Å². The standard InChI is InChI=1S/C16H23FN2O3S/c17-15-6-1-2-7-16(15)23(20,21)19-10-8-18(9-11-19)13-14-5-3-4-12-22-14/h1-2,6-7,14H,3-5,8-13H2/t14-/m1/s1. The van der Waals surface area contributed by atoms with Crippen molar-refractivity contribution in [3.05, 3.63) is 30.1 Å². The molecule has 3 rings (SSSR count). The Labute approximate surface area is 137 Å². The molecule has 2 aliphatic heterocycles. The van der Waals surface area contributed by atoms with Gasteiger partial charge in [-0.3, -0.25) is 4.90 Å². The van der Waals surface area contributed by atoms with Gasteiger partial charge in [0.05, 0.1) is 6.10 Å². The van der Waals surface area contributed by atoms with Gasteiger partial charge in [0.2, 0.25) is 10.0 Å². The van der Waals surface area contributed by atoms with Crippen LogP contribution < -0.4 is 0 Å². The molecule has 1 aromatic carbocycles. The Morgan fingerprint density at radius 1 is 1.13 bits per heavy atom. The summed E-state index contributed by atoms with van der Waals surface area (Å²) >= 11 is 0. The van der Waals surface area contributed by atoms with Gasteiger partial charge in [-0.15, -0.1) is 0 Å². The predicted molar refractivity (Wildman–Crippen MR) is 85.2 cm³/mol. The molecule has 1 atom stereocenters. The third-order valence-electron chi connectivity index (χ3n) is 4.52. The Bertz CT molecular complexity index is 624. The van der Waals surface area contributed by atoms with Crippen molar-refractivity contribution in [2.24, 2.45) is 0 Å². The molecule has 1 aromatic rings. The summed E-state index contributed by atoms with van der Waals surface area (Å²) in [5, 5.41) is 0. The lowest BCUT2D eigenvalue weighted by Crippen LogP contribution is -2.50. The summed E-state index contributed by atoms with van der Waals surface area (Å²) in [7, 11) is -3.75. The van der Waals surface area contributed by atoms with Crippen LogP contribution in [0.25, 0.3) is 0 Å². The van der Waals surface area contributed by atoms with Crippen LogP contribution in [0.5, 0.6) is 0 Å². The minimum Gasteiger partial charge on any atom is -0.377 e. The quantitative estimate of drug-likeness (QED) is 0.836. The Kier molecular flexibility index (Phi) is 5.31. The molecule has 23 heavy (non-hydrogen) atoms. The Morgan fingerprint density at radius 2 is 1.87 bits per heavy atom. The van der Waals surface area contributed by atoms with E-state index in [0.29, 0.717) is 26.2 Å². The molecule has 0 unspecified atom stereocenters. The number of hydrogen-bond donors (Lipinski definition) is 0. The van der Waals surface area contributed by atoms with Crippen LogP contribution in [0, 0.1) is 5.82 Å². The molecule has 0 aromatic heterocycles. The summed E-state index contributed by atoms with van der Waals surface area (Å²) in [6, 6.07) is 5.56. The van der Waals surface area contributed by atoms with Crippen LogP contribution >= 0.6 is 0 Å². The van der Waals surface area contributed by atoms with Gasteiger partial charge in [0, 0.05) is 39.3 Å². The van der Waals surface area contributed by atoms with Crippen LogP contribution in [0.1, 0.15) is 19.3 Å². The number of halogens is 1. The van der Waals surface area contributed by atoms with E-state index < -0.39 is 15.8 Å². The van der Waals surface area contributed by atoms with E-state index in [4.69, 9.17) is 4.74 Å². The molecule has 128 valence electrons. The topological polar surface area (TPSA) is 49.9 Å². The molecule has 7 heteroatoms. The van der Waals surface area contributed by atoms with Crippen LogP contribution in [0.2, 0.25) is 0 Å². The number of ether oxygens (including phenoxy) is 1. The molecule has 0 spiro atoms. The van der Waals surface area contributed by atoms with Crippen molar-refractivity contribution in [1.82, 2.24) is 9.21 Å². The maximum absolute atomic E-state index is 13.8. The molecule has 0 amide bonds. The van der Waals surface area contributed by atoms with Crippen LogP contribution in [-0.2, 0) is 14.8 Å². The molecule has 0 aliphatic carbocycles. The molecule has 0 radical (unpaired) electrons. The highest BCUT2D eigenvalue weighted by atomic mass is 32.2. The third-order valence-corrected chi connectivity index (χ3v) is 6.45. The van der Waals surface area contributed by atoms with Crippen molar-refractivity contribution in [1.29, 1.82) is 0 Å². The lowest BCUT2D eigenvalue weighted by molar-refractivity contribution is -0.0103. The molecular formula is C16H23FN2O3S. The van der Waals surface area contributed by atoms with Crippen LogP contribution in [0.4, 0.5) is 4.39 Å². The van der Waals surface area contributed by atoms with Gasteiger partial charge >= 0.3 is 0 Å². The Balaban J connectivity index is 1.59. The summed E-state index contributed by atoms with van der Waals surface area (Å²) in [5.74, 6) is -0.689. The monoisotopic (exact) mass is 342 g/mol. The number of piperazine rings is 1. The summed E-state index contributed by atoms with van der Waals surface area (Å²) in [6.45, 7) is 3.79. The molecular weight excluding hydrogens is 319 g/mol. The number of benzene rings is 1. The normalized spacial score (nSPS) is 24.7. The SMILES string of the molecule is O=S(=O)(c1ccccc1F)N1CCN(C[C@H]2CCCCO2)CC1. The van der Waals surface area contributed by atoms with Crippen LogP contribution in [0.15, 0.2) is 29.2 Å². The Hall–Kier alpha value is -1.02. The average molecular weight is 342 g/mol. The fourth-order valence-corrected chi connectivity index (χ4v) is 4.67. The molecule has 2 fully saturated rings.